The molecule has 0 saturated heterocycles. The van der Waals surface area contributed by atoms with Gasteiger partial charge in [0, 0.05) is 23.5 Å². The first-order valence-electron chi connectivity index (χ1n) is 9.72. The molecule has 0 spiro atoms. The SMILES string of the molecule is O=C(N[C@H](Cc1c[nH]c2ccccc12)C(=O)Nc1ccccc1O)c1ccccc1Cl. The van der Waals surface area contributed by atoms with Crippen LogP contribution in [0.5, 0.6) is 5.75 Å². The van der Waals surface area contributed by atoms with Gasteiger partial charge in [-0.05, 0) is 35.9 Å². The number of benzene rings is 3. The number of phenolic OH excluding ortho intramolecular Hbond substituents is 1. The number of halogens is 1. The number of carbonyl (C=O) groups is 2. The molecule has 0 saturated carbocycles. The Labute approximate surface area is 183 Å². The Kier molecular flexibility index (Phi) is 5.91. The van der Waals surface area contributed by atoms with Crippen molar-refractivity contribution in [1.29, 1.82) is 0 Å². The van der Waals surface area contributed by atoms with E-state index in [9.17, 15) is 14.7 Å². The Morgan fingerprint density at radius 1 is 0.968 bits per heavy atom. The number of phenols is 1. The fourth-order valence-corrected chi connectivity index (χ4v) is 3.63. The lowest BCUT2D eigenvalue weighted by atomic mass is 10.0. The number of hydrogen-bond donors (Lipinski definition) is 4. The standard InChI is InChI=1S/C24H20ClN3O3/c25-18-9-3-1-8-17(18)23(30)28-21(24(31)27-20-11-5-6-12-22(20)29)13-15-14-26-19-10-4-2-7-16(15)19/h1-12,14,21,26,29H,13H2,(H,27,31)(H,28,30)/t21-/m1/s1. The third kappa shape index (κ3) is 4.54. The van der Waals surface area contributed by atoms with Crippen molar-refractivity contribution in [2.24, 2.45) is 0 Å². The van der Waals surface area contributed by atoms with E-state index in [0.717, 1.165) is 16.5 Å². The van der Waals surface area contributed by atoms with E-state index in [0.29, 0.717) is 5.02 Å². The molecular weight excluding hydrogens is 414 g/mol. The van der Waals surface area contributed by atoms with Gasteiger partial charge in [-0.3, -0.25) is 9.59 Å². The minimum absolute atomic E-state index is 0.0564. The van der Waals surface area contributed by atoms with Gasteiger partial charge in [0.15, 0.2) is 0 Å². The van der Waals surface area contributed by atoms with Gasteiger partial charge in [-0.1, -0.05) is 54.1 Å². The summed E-state index contributed by atoms with van der Waals surface area (Å²) in [5.74, 6) is -0.964. The maximum Gasteiger partial charge on any atom is 0.253 e. The zero-order chi connectivity index (χ0) is 21.8. The number of carbonyl (C=O) groups excluding carboxylic acids is 2. The normalized spacial score (nSPS) is 11.8. The molecule has 1 heterocycles. The van der Waals surface area contributed by atoms with Crippen LogP contribution in [-0.2, 0) is 11.2 Å². The van der Waals surface area contributed by atoms with E-state index in [-0.39, 0.29) is 23.4 Å². The molecule has 0 radical (unpaired) electrons. The number of hydrogen-bond acceptors (Lipinski definition) is 3. The van der Waals surface area contributed by atoms with E-state index in [1.54, 1.807) is 42.5 Å². The van der Waals surface area contributed by atoms with Crippen molar-refractivity contribution in [3.8, 4) is 5.75 Å². The number of rotatable bonds is 6. The average molecular weight is 434 g/mol. The number of para-hydroxylation sites is 3. The fraction of sp³-hybridized carbons (Fsp3) is 0.0833. The summed E-state index contributed by atoms with van der Waals surface area (Å²) in [7, 11) is 0. The predicted octanol–water partition coefficient (Wildman–Crippen LogP) is 4.51. The van der Waals surface area contributed by atoms with Crippen LogP contribution in [-0.4, -0.2) is 27.9 Å². The van der Waals surface area contributed by atoms with Crippen molar-refractivity contribution in [2.75, 3.05) is 5.32 Å². The lowest BCUT2D eigenvalue weighted by Crippen LogP contribution is -2.45. The van der Waals surface area contributed by atoms with Crippen LogP contribution in [0, 0.1) is 0 Å². The van der Waals surface area contributed by atoms with Crippen LogP contribution in [0.4, 0.5) is 5.69 Å². The lowest BCUT2D eigenvalue weighted by Gasteiger charge is -2.19. The van der Waals surface area contributed by atoms with Gasteiger partial charge in [-0.15, -0.1) is 0 Å². The first-order chi connectivity index (χ1) is 15.0. The molecule has 1 aromatic heterocycles. The maximum atomic E-state index is 13.1. The molecule has 31 heavy (non-hydrogen) atoms. The summed E-state index contributed by atoms with van der Waals surface area (Å²) in [5.41, 5.74) is 2.37. The Morgan fingerprint density at radius 2 is 1.68 bits per heavy atom. The number of aromatic nitrogens is 1. The first-order valence-corrected chi connectivity index (χ1v) is 10.1. The zero-order valence-corrected chi connectivity index (χ0v) is 17.2. The number of aromatic amines is 1. The smallest absolute Gasteiger partial charge is 0.253 e. The monoisotopic (exact) mass is 433 g/mol. The molecule has 7 heteroatoms. The predicted molar refractivity (Wildman–Crippen MR) is 121 cm³/mol. The number of fused-ring (bicyclic) bond motifs is 1. The molecule has 4 N–H and O–H groups in total. The largest absolute Gasteiger partial charge is 0.506 e. The summed E-state index contributed by atoms with van der Waals surface area (Å²) in [6, 6.07) is 19.9. The Hall–Kier alpha value is -3.77. The Balaban J connectivity index is 1.62. The van der Waals surface area contributed by atoms with E-state index in [2.05, 4.69) is 15.6 Å². The van der Waals surface area contributed by atoms with Crippen LogP contribution in [0.25, 0.3) is 10.9 Å². The topological polar surface area (TPSA) is 94.2 Å². The molecule has 0 aliphatic carbocycles. The molecule has 4 rings (SSSR count). The molecular formula is C24H20ClN3O3. The highest BCUT2D eigenvalue weighted by Crippen LogP contribution is 2.23. The van der Waals surface area contributed by atoms with Crippen LogP contribution >= 0.6 is 11.6 Å². The fourth-order valence-electron chi connectivity index (χ4n) is 3.41. The first kappa shape index (κ1) is 20.5. The molecule has 3 aromatic carbocycles. The number of nitrogens with one attached hydrogen (secondary N) is 3. The molecule has 0 fully saturated rings. The number of amides is 2. The minimum atomic E-state index is -0.900. The van der Waals surface area contributed by atoms with Crippen molar-refractivity contribution < 1.29 is 14.7 Å². The van der Waals surface area contributed by atoms with Gasteiger partial charge < -0.3 is 20.7 Å². The summed E-state index contributed by atoms with van der Waals surface area (Å²) >= 11 is 6.15. The summed E-state index contributed by atoms with van der Waals surface area (Å²) in [4.78, 5) is 29.1. The number of anilines is 1. The van der Waals surface area contributed by atoms with E-state index < -0.39 is 17.9 Å². The zero-order valence-electron chi connectivity index (χ0n) is 16.4. The quantitative estimate of drug-likeness (QED) is 0.337. The highest BCUT2D eigenvalue weighted by molar-refractivity contribution is 6.33. The van der Waals surface area contributed by atoms with Gasteiger partial charge in [-0.25, -0.2) is 0 Å². The van der Waals surface area contributed by atoms with Gasteiger partial charge in [0.05, 0.1) is 16.3 Å². The lowest BCUT2D eigenvalue weighted by molar-refractivity contribution is -0.118. The third-order valence-electron chi connectivity index (χ3n) is 5.00. The highest BCUT2D eigenvalue weighted by atomic mass is 35.5. The van der Waals surface area contributed by atoms with Crippen LogP contribution in [0.15, 0.2) is 79.0 Å². The second-order valence-electron chi connectivity index (χ2n) is 7.08. The third-order valence-corrected chi connectivity index (χ3v) is 5.33. The molecule has 156 valence electrons. The van der Waals surface area contributed by atoms with Crippen LogP contribution < -0.4 is 10.6 Å². The van der Waals surface area contributed by atoms with Crippen LogP contribution in [0.3, 0.4) is 0 Å². The average Bonchev–Trinajstić information content (AvgIpc) is 3.18. The maximum absolute atomic E-state index is 13.1. The molecule has 6 nitrogen and oxygen atoms in total. The van der Waals surface area contributed by atoms with Gasteiger partial charge >= 0.3 is 0 Å². The summed E-state index contributed by atoms with van der Waals surface area (Å²) in [6.07, 6.45) is 2.08. The van der Waals surface area contributed by atoms with Crippen LogP contribution in [0.2, 0.25) is 5.02 Å². The van der Waals surface area contributed by atoms with E-state index in [1.165, 1.54) is 6.07 Å². The van der Waals surface area contributed by atoms with Gasteiger partial charge in [0.25, 0.3) is 5.91 Å². The molecule has 0 bridgehead atoms. The van der Waals surface area contributed by atoms with Crippen molar-refractivity contribution in [3.05, 3.63) is 95.1 Å². The van der Waals surface area contributed by atoms with Crippen molar-refractivity contribution >= 4 is 40.0 Å². The molecule has 0 unspecified atom stereocenters. The summed E-state index contributed by atoms with van der Waals surface area (Å²) < 4.78 is 0. The number of H-pyrrole nitrogens is 1. The highest BCUT2D eigenvalue weighted by Gasteiger charge is 2.24. The molecule has 0 aliphatic rings. The van der Waals surface area contributed by atoms with Crippen molar-refractivity contribution in [1.82, 2.24) is 10.3 Å². The van der Waals surface area contributed by atoms with Gasteiger partial charge in [0.1, 0.15) is 11.8 Å². The minimum Gasteiger partial charge on any atom is -0.506 e. The van der Waals surface area contributed by atoms with Crippen molar-refractivity contribution in [3.63, 3.8) is 0 Å². The van der Waals surface area contributed by atoms with Gasteiger partial charge in [-0.2, -0.15) is 0 Å². The molecule has 2 amide bonds. The van der Waals surface area contributed by atoms with E-state index >= 15 is 0 Å². The molecule has 1 atom stereocenters. The Bertz CT molecular complexity index is 1250. The van der Waals surface area contributed by atoms with Crippen LogP contribution in [0.1, 0.15) is 15.9 Å². The second kappa shape index (κ2) is 8.93. The molecule has 0 aliphatic heterocycles. The van der Waals surface area contributed by atoms with Crippen molar-refractivity contribution in [2.45, 2.75) is 12.5 Å². The van der Waals surface area contributed by atoms with E-state index in [1.807, 2.05) is 30.5 Å². The summed E-state index contributed by atoms with van der Waals surface area (Å²) in [6.45, 7) is 0. The van der Waals surface area contributed by atoms with Gasteiger partial charge in [0.2, 0.25) is 5.91 Å². The second-order valence-corrected chi connectivity index (χ2v) is 7.48. The number of aromatic hydroxyl groups is 1. The Morgan fingerprint density at radius 3 is 2.48 bits per heavy atom. The summed E-state index contributed by atoms with van der Waals surface area (Å²) in [5, 5.41) is 16.8. The van der Waals surface area contributed by atoms with E-state index in [4.69, 9.17) is 11.6 Å². The molecule has 4 aromatic rings.